The summed E-state index contributed by atoms with van der Waals surface area (Å²) in [5.74, 6) is 0.163. The number of aliphatic hydroxyl groups is 1. The second kappa shape index (κ2) is 5.54. The summed E-state index contributed by atoms with van der Waals surface area (Å²) < 4.78 is 22.0. The number of phosphoric acid groups is 1. The van der Waals surface area contributed by atoms with Gasteiger partial charge < -0.3 is 25.4 Å². The summed E-state index contributed by atoms with van der Waals surface area (Å²) in [4.78, 5) is 25.3. The van der Waals surface area contributed by atoms with E-state index in [1.54, 1.807) is 0 Å². The number of fused-ring (bicyclic) bond motifs is 1. The highest BCUT2D eigenvalue weighted by molar-refractivity contribution is 7.46. The number of phosphoric ester groups is 1. The molecule has 12 heteroatoms. The zero-order valence-electron chi connectivity index (χ0n) is 11.2. The number of nitrogen functional groups attached to an aromatic ring is 1. The molecule has 3 atom stereocenters. The molecule has 0 aromatic carbocycles. The monoisotopic (exact) mass is 331 g/mol. The van der Waals surface area contributed by atoms with Crippen molar-refractivity contribution in [3.63, 3.8) is 0 Å². The van der Waals surface area contributed by atoms with Crippen LogP contribution in [-0.4, -0.2) is 53.3 Å². The van der Waals surface area contributed by atoms with Gasteiger partial charge in [-0.05, 0) is 0 Å². The first kappa shape index (κ1) is 15.3. The van der Waals surface area contributed by atoms with Gasteiger partial charge in [0.15, 0.2) is 5.65 Å². The Morgan fingerprint density at radius 2 is 2.27 bits per heavy atom. The Hall–Kier alpha value is -1.62. The van der Waals surface area contributed by atoms with Crippen LogP contribution in [0.1, 0.15) is 18.1 Å². The summed E-state index contributed by atoms with van der Waals surface area (Å²) in [6.45, 7) is -0.418. The molecule has 2 aromatic heterocycles. The fraction of sp³-hybridized carbons (Fsp3) is 0.500. The molecule has 2 aromatic rings. The van der Waals surface area contributed by atoms with E-state index in [2.05, 4.69) is 19.6 Å². The maximum atomic E-state index is 10.7. The Morgan fingerprint density at radius 1 is 1.50 bits per heavy atom. The molecule has 1 aliphatic rings. The van der Waals surface area contributed by atoms with E-state index in [0.717, 1.165) is 0 Å². The molecule has 0 radical (unpaired) electrons. The normalized spacial score (nSPS) is 25.9. The van der Waals surface area contributed by atoms with Crippen LogP contribution < -0.4 is 5.73 Å². The fourth-order valence-corrected chi connectivity index (χ4v) is 2.67. The predicted octanol–water partition coefficient (Wildman–Crippen LogP) is -0.993. The predicted molar refractivity (Wildman–Crippen MR) is 71.4 cm³/mol. The zero-order valence-corrected chi connectivity index (χ0v) is 12.1. The number of ether oxygens (including phenoxy) is 1. The Labute approximate surface area is 123 Å². The van der Waals surface area contributed by atoms with Gasteiger partial charge in [0.1, 0.15) is 12.4 Å². The molecule has 0 spiro atoms. The molecule has 22 heavy (non-hydrogen) atoms. The average molecular weight is 331 g/mol. The molecule has 1 saturated heterocycles. The molecular weight excluding hydrogens is 317 g/mol. The van der Waals surface area contributed by atoms with Gasteiger partial charge in [-0.1, -0.05) is 0 Å². The molecule has 11 nitrogen and oxygen atoms in total. The van der Waals surface area contributed by atoms with Gasteiger partial charge in [0.05, 0.1) is 25.0 Å². The number of aliphatic hydroxyl groups excluding tert-OH is 1. The van der Waals surface area contributed by atoms with Crippen molar-refractivity contribution in [2.24, 2.45) is 0 Å². The minimum absolute atomic E-state index is 0.163. The molecule has 0 amide bonds. The first-order chi connectivity index (χ1) is 10.3. The van der Waals surface area contributed by atoms with Crippen LogP contribution in [0.4, 0.5) is 5.95 Å². The van der Waals surface area contributed by atoms with Crippen LogP contribution in [0.2, 0.25) is 0 Å². The van der Waals surface area contributed by atoms with Gasteiger partial charge in [-0.3, -0.25) is 4.52 Å². The van der Waals surface area contributed by atoms with E-state index in [1.807, 2.05) is 0 Å². The van der Waals surface area contributed by atoms with Crippen LogP contribution >= 0.6 is 7.82 Å². The lowest BCUT2D eigenvalue weighted by molar-refractivity contribution is -0.0218. The van der Waals surface area contributed by atoms with Crippen LogP contribution in [0.25, 0.3) is 5.65 Å². The highest BCUT2D eigenvalue weighted by Gasteiger charge is 2.37. The number of nitrogens with two attached hydrogens (primary N) is 1. The van der Waals surface area contributed by atoms with Gasteiger partial charge in [0, 0.05) is 12.0 Å². The molecule has 1 aliphatic heterocycles. The molecule has 120 valence electrons. The van der Waals surface area contributed by atoms with Gasteiger partial charge in [-0.25, -0.2) is 14.5 Å². The molecule has 3 unspecified atom stereocenters. The summed E-state index contributed by atoms with van der Waals surface area (Å²) >= 11 is 0. The Balaban J connectivity index is 1.78. The van der Waals surface area contributed by atoms with E-state index in [4.69, 9.17) is 20.3 Å². The van der Waals surface area contributed by atoms with Gasteiger partial charge in [0.2, 0.25) is 5.95 Å². The Morgan fingerprint density at radius 3 is 3.00 bits per heavy atom. The fourth-order valence-electron chi connectivity index (χ4n) is 2.33. The van der Waals surface area contributed by atoms with Gasteiger partial charge in [-0.2, -0.15) is 9.61 Å². The number of hydrogen-bond donors (Lipinski definition) is 4. The van der Waals surface area contributed by atoms with Crippen LogP contribution in [0.5, 0.6) is 0 Å². The van der Waals surface area contributed by atoms with Crippen molar-refractivity contribution in [3.05, 3.63) is 18.1 Å². The average Bonchev–Trinajstić information content (AvgIpc) is 3.00. The molecular formula is C10H14N5O6P. The number of rotatable bonds is 4. The van der Waals surface area contributed by atoms with E-state index >= 15 is 0 Å². The van der Waals surface area contributed by atoms with Crippen molar-refractivity contribution in [2.45, 2.75) is 24.7 Å². The maximum absolute atomic E-state index is 10.7. The van der Waals surface area contributed by atoms with Gasteiger partial charge >= 0.3 is 7.82 Å². The highest BCUT2D eigenvalue weighted by atomic mass is 31.2. The van der Waals surface area contributed by atoms with Crippen molar-refractivity contribution in [1.82, 2.24) is 19.6 Å². The lowest BCUT2D eigenvalue weighted by Gasteiger charge is -2.15. The lowest BCUT2D eigenvalue weighted by atomic mass is 10.1. The Bertz CT molecular complexity index is 732. The molecule has 0 saturated carbocycles. The van der Waals surface area contributed by atoms with Crippen molar-refractivity contribution in [3.8, 4) is 0 Å². The maximum Gasteiger partial charge on any atom is 0.469 e. The third-order valence-electron chi connectivity index (χ3n) is 3.34. The molecule has 0 aliphatic carbocycles. The summed E-state index contributed by atoms with van der Waals surface area (Å²) in [6, 6.07) is 0. The summed E-state index contributed by atoms with van der Waals surface area (Å²) in [5.41, 5.74) is 6.72. The minimum Gasteiger partial charge on any atom is -0.390 e. The van der Waals surface area contributed by atoms with E-state index in [1.165, 1.54) is 17.0 Å². The SMILES string of the molecule is Nc1ncnc2c(C3CC(O)C(COP(=O)(O)O)O3)cnn12. The van der Waals surface area contributed by atoms with Gasteiger partial charge in [0.25, 0.3) is 0 Å². The first-order valence-electron chi connectivity index (χ1n) is 6.33. The topological polar surface area (TPSA) is 165 Å². The molecule has 0 bridgehead atoms. The second-order valence-electron chi connectivity index (χ2n) is 4.82. The molecule has 5 N–H and O–H groups in total. The third kappa shape index (κ3) is 2.95. The number of anilines is 1. The zero-order chi connectivity index (χ0) is 15.9. The summed E-state index contributed by atoms with van der Waals surface area (Å²) in [6.07, 6.45) is 0.699. The molecule has 3 rings (SSSR count). The minimum atomic E-state index is -4.61. The van der Waals surface area contributed by atoms with E-state index < -0.39 is 32.7 Å². The van der Waals surface area contributed by atoms with E-state index in [9.17, 15) is 9.67 Å². The molecule has 1 fully saturated rings. The van der Waals surface area contributed by atoms with Gasteiger partial charge in [-0.15, -0.1) is 0 Å². The van der Waals surface area contributed by atoms with Crippen LogP contribution in [0.15, 0.2) is 12.5 Å². The number of hydrogen-bond acceptors (Lipinski definition) is 8. The lowest BCUT2D eigenvalue weighted by Crippen LogP contribution is -2.25. The molecule has 3 heterocycles. The largest absolute Gasteiger partial charge is 0.469 e. The summed E-state index contributed by atoms with van der Waals surface area (Å²) in [5, 5.41) is 14.0. The number of nitrogens with zero attached hydrogens (tertiary/aromatic N) is 4. The van der Waals surface area contributed by atoms with E-state index in [0.29, 0.717) is 11.2 Å². The van der Waals surface area contributed by atoms with Crippen molar-refractivity contribution >= 4 is 19.4 Å². The first-order valence-corrected chi connectivity index (χ1v) is 7.86. The van der Waals surface area contributed by atoms with Crippen molar-refractivity contribution in [2.75, 3.05) is 12.3 Å². The third-order valence-corrected chi connectivity index (χ3v) is 3.82. The van der Waals surface area contributed by atoms with Crippen molar-refractivity contribution < 1.29 is 28.7 Å². The quantitative estimate of drug-likeness (QED) is 0.511. The second-order valence-corrected chi connectivity index (χ2v) is 6.06. The van der Waals surface area contributed by atoms with Crippen LogP contribution in [0.3, 0.4) is 0 Å². The van der Waals surface area contributed by atoms with E-state index in [-0.39, 0.29) is 12.4 Å². The number of aromatic nitrogens is 4. The van der Waals surface area contributed by atoms with Crippen molar-refractivity contribution in [1.29, 1.82) is 0 Å². The summed E-state index contributed by atoms with van der Waals surface area (Å²) in [7, 11) is -4.61. The van der Waals surface area contributed by atoms with Crippen LogP contribution in [-0.2, 0) is 13.8 Å². The Kier molecular flexibility index (Phi) is 3.85. The highest BCUT2D eigenvalue weighted by Crippen LogP contribution is 2.39. The van der Waals surface area contributed by atoms with Crippen LogP contribution in [0, 0.1) is 0 Å². The standard InChI is InChI=1S/C10H14N5O6P/c11-10-13-4-12-9-5(2-14-15(9)10)7-1-6(16)8(21-7)3-20-22(17,18)19/h2,4,6-8,16H,1,3H2,(H2,11,12,13)(H2,17,18,19). The smallest absolute Gasteiger partial charge is 0.390 e.